The standard InChI is InChI=1S/C18H21N3O4/c1-12-10-21(18(25)19-16(12)22)15-6-8-20(9-7-15)11-13-2-4-14(5-3-13)17(23)24/h2-5,10,15H,6-9,11H2,1H3,(H,23,24)(H,19,22,25). The van der Waals surface area contributed by atoms with Crippen molar-refractivity contribution in [3.8, 4) is 0 Å². The average Bonchev–Trinajstić information content (AvgIpc) is 2.59. The van der Waals surface area contributed by atoms with Gasteiger partial charge in [-0.3, -0.25) is 19.2 Å². The molecule has 0 amide bonds. The van der Waals surface area contributed by atoms with Crippen LogP contribution in [0.3, 0.4) is 0 Å². The van der Waals surface area contributed by atoms with Gasteiger partial charge in [0, 0.05) is 37.4 Å². The van der Waals surface area contributed by atoms with Gasteiger partial charge in [-0.2, -0.15) is 0 Å². The third-order valence-electron chi connectivity index (χ3n) is 4.70. The number of carbonyl (C=O) groups is 1. The smallest absolute Gasteiger partial charge is 0.335 e. The molecule has 1 aromatic carbocycles. The van der Waals surface area contributed by atoms with Gasteiger partial charge < -0.3 is 5.11 Å². The molecular weight excluding hydrogens is 322 g/mol. The molecule has 0 bridgehead atoms. The maximum Gasteiger partial charge on any atom is 0.335 e. The molecule has 0 unspecified atom stereocenters. The summed E-state index contributed by atoms with van der Waals surface area (Å²) in [6.07, 6.45) is 3.31. The van der Waals surface area contributed by atoms with Gasteiger partial charge in [0.1, 0.15) is 0 Å². The highest BCUT2D eigenvalue weighted by Crippen LogP contribution is 2.22. The molecule has 132 valence electrons. The molecule has 0 saturated carbocycles. The number of rotatable bonds is 4. The van der Waals surface area contributed by atoms with Gasteiger partial charge in [0.05, 0.1) is 5.56 Å². The molecule has 7 nitrogen and oxygen atoms in total. The van der Waals surface area contributed by atoms with E-state index < -0.39 is 5.97 Å². The normalized spacial score (nSPS) is 16.0. The largest absolute Gasteiger partial charge is 0.478 e. The minimum Gasteiger partial charge on any atom is -0.478 e. The van der Waals surface area contributed by atoms with Gasteiger partial charge in [-0.1, -0.05) is 12.1 Å². The number of likely N-dealkylation sites (tertiary alicyclic amines) is 1. The molecule has 2 N–H and O–H groups in total. The lowest BCUT2D eigenvalue weighted by atomic mass is 10.0. The van der Waals surface area contributed by atoms with Crippen molar-refractivity contribution < 1.29 is 9.90 Å². The number of carboxylic acid groups (broad SMARTS) is 1. The molecule has 0 spiro atoms. The molecule has 2 heterocycles. The maximum absolute atomic E-state index is 12.0. The highest BCUT2D eigenvalue weighted by Gasteiger charge is 2.21. The van der Waals surface area contributed by atoms with Crippen molar-refractivity contribution in [1.82, 2.24) is 14.5 Å². The zero-order valence-corrected chi connectivity index (χ0v) is 14.1. The van der Waals surface area contributed by atoms with Gasteiger partial charge >= 0.3 is 11.7 Å². The number of benzene rings is 1. The number of carboxylic acids is 1. The quantitative estimate of drug-likeness (QED) is 0.874. The number of aromatic nitrogens is 2. The Kier molecular flexibility index (Phi) is 4.85. The molecule has 1 aromatic heterocycles. The van der Waals surface area contributed by atoms with E-state index >= 15 is 0 Å². The van der Waals surface area contributed by atoms with Crippen molar-refractivity contribution in [2.45, 2.75) is 32.4 Å². The van der Waals surface area contributed by atoms with E-state index in [2.05, 4.69) is 9.88 Å². The molecule has 7 heteroatoms. The average molecular weight is 343 g/mol. The first-order valence-electron chi connectivity index (χ1n) is 8.30. The van der Waals surface area contributed by atoms with Crippen molar-refractivity contribution in [2.24, 2.45) is 0 Å². The minimum atomic E-state index is -0.922. The van der Waals surface area contributed by atoms with Crippen LogP contribution in [0.4, 0.5) is 0 Å². The van der Waals surface area contributed by atoms with E-state index in [1.807, 2.05) is 12.1 Å². The first-order chi connectivity index (χ1) is 11.9. The number of H-pyrrole nitrogens is 1. The molecule has 25 heavy (non-hydrogen) atoms. The van der Waals surface area contributed by atoms with Crippen molar-refractivity contribution in [1.29, 1.82) is 0 Å². The summed E-state index contributed by atoms with van der Waals surface area (Å²) < 4.78 is 1.63. The number of aryl methyl sites for hydroxylation is 1. The first kappa shape index (κ1) is 17.2. The predicted octanol–water partition coefficient (Wildman–Crippen LogP) is 1.38. The molecule has 3 rings (SSSR count). The maximum atomic E-state index is 12.0. The first-order valence-corrected chi connectivity index (χ1v) is 8.30. The Morgan fingerprint density at radius 2 is 1.84 bits per heavy atom. The van der Waals surface area contributed by atoms with Crippen molar-refractivity contribution in [2.75, 3.05) is 13.1 Å². The zero-order valence-electron chi connectivity index (χ0n) is 14.1. The molecule has 2 aromatic rings. The molecule has 1 aliphatic heterocycles. The summed E-state index contributed by atoms with van der Waals surface area (Å²) in [5.41, 5.74) is 1.22. The second-order valence-corrected chi connectivity index (χ2v) is 6.49. The topological polar surface area (TPSA) is 95.4 Å². The second kappa shape index (κ2) is 7.06. The van der Waals surface area contributed by atoms with Gasteiger partial charge in [-0.05, 0) is 37.5 Å². The van der Waals surface area contributed by atoms with E-state index in [4.69, 9.17) is 5.11 Å². The van der Waals surface area contributed by atoms with Crippen LogP contribution in [-0.4, -0.2) is 38.6 Å². The third-order valence-corrected chi connectivity index (χ3v) is 4.70. The number of hydrogen-bond acceptors (Lipinski definition) is 4. The summed E-state index contributed by atoms with van der Waals surface area (Å²) in [6.45, 7) is 4.14. The Labute approximate surface area is 144 Å². The molecular formula is C18H21N3O4. The van der Waals surface area contributed by atoms with Gasteiger partial charge in [0.25, 0.3) is 5.56 Å². The van der Waals surface area contributed by atoms with E-state index in [-0.39, 0.29) is 22.9 Å². The Hall–Kier alpha value is -2.67. The van der Waals surface area contributed by atoms with Crippen LogP contribution in [0.2, 0.25) is 0 Å². The summed E-state index contributed by atoms with van der Waals surface area (Å²) in [7, 11) is 0. The zero-order chi connectivity index (χ0) is 18.0. The Morgan fingerprint density at radius 3 is 2.44 bits per heavy atom. The summed E-state index contributed by atoms with van der Waals surface area (Å²) in [4.78, 5) is 39.0. The van der Waals surface area contributed by atoms with Crippen LogP contribution in [0.5, 0.6) is 0 Å². The lowest BCUT2D eigenvalue weighted by Crippen LogP contribution is -2.39. The summed E-state index contributed by atoms with van der Waals surface area (Å²) >= 11 is 0. The number of nitrogens with one attached hydrogen (secondary N) is 1. The van der Waals surface area contributed by atoms with Crippen LogP contribution < -0.4 is 11.2 Å². The van der Waals surface area contributed by atoms with Crippen molar-refractivity contribution in [3.05, 3.63) is 68.0 Å². The highest BCUT2D eigenvalue weighted by atomic mass is 16.4. The fourth-order valence-corrected chi connectivity index (χ4v) is 3.22. The number of aromatic carboxylic acids is 1. The molecule has 0 atom stereocenters. The van der Waals surface area contributed by atoms with Crippen LogP contribution >= 0.6 is 0 Å². The molecule has 0 aliphatic carbocycles. The van der Waals surface area contributed by atoms with E-state index in [1.54, 1.807) is 29.8 Å². The van der Waals surface area contributed by atoms with Crippen LogP contribution in [0, 0.1) is 6.92 Å². The Bertz CT molecular complexity index is 874. The lowest BCUT2D eigenvalue weighted by molar-refractivity contribution is 0.0697. The number of aromatic amines is 1. The summed E-state index contributed by atoms with van der Waals surface area (Å²) in [6, 6.07) is 7.00. The number of hydrogen-bond donors (Lipinski definition) is 2. The van der Waals surface area contributed by atoms with Gasteiger partial charge in [0.15, 0.2) is 0 Å². The summed E-state index contributed by atoms with van der Waals surface area (Å²) in [5.74, 6) is -0.922. The second-order valence-electron chi connectivity index (χ2n) is 6.49. The Morgan fingerprint density at radius 1 is 1.20 bits per heavy atom. The van der Waals surface area contributed by atoms with Crippen LogP contribution in [0.1, 0.15) is 40.4 Å². The van der Waals surface area contributed by atoms with Crippen LogP contribution in [-0.2, 0) is 6.54 Å². The monoisotopic (exact) mass is 343 g/mol. The molecule has 0 radical (unpaired) electrons. The fourth-order valence-electron chi connectivity index (χ4n) is 3.22. The van der Waals surface area contributed by atoms with Crippen molar-refractivity contribution >= 4 is 5.97 Å². The summed E-state index contributed by atoms with van der Waals surface area (Å²) in [5, 5.41) is 8.93. The van der Waals surface area contributed by atoms with E-state index in [0.29, 0.717) is 5.56 Å². The number of piperidine rings is 1. The lowest BCUT2D eigenvalue weighted by Gasteiger charge is -2.32. The predicted molar refractivity (Wildman–Crippen MR) is 93.0 cm³/mol. The fraction of sp³-hybridized carbons (Fsp3) is 0.389. The minimum absolute atomic E-state index is 0.0914. The van der Waals surface area contributed by atoms with Crippen LogP contribution in [0.25, 0.3) is 0 Å². The van der Waals surface area contributed by atoms with Gasteiger partial charge in [0.2, 0.25) is 0 Å². The molecule has 1 aliphatic rings. The van der Waals surface area contributed by atoms with Crippen LogP contribution in [0.15, 0.2) is 40.1 Å². The van der Waals surface area contributed by atoms with E-state index in [9.17, 15) is 14.4 Å². The van der Waals surface area contributed by atoms with Gasteiger partial charge in [-0.25, -0.2) is 9.59 Å². The third kappa shape index (κ3) is 3.88. The van der Waals surface area contributed by atoms with E-state index in [1.165, 1.54) is 0 Å². The van der Waals surface area contributed by atoms with Crippen molar-refractivity contribution in [3.63, 3.8) is 0 Å². The molecule has 1 saturated heterocycles. The van der Waals surface area contributed by atoms with E-state index in [0.717, 1.165) is 38.0 Å². The Balaban J connectivity index is 1.62. The molecule has 1 fully saturated rings. The SMILES string of the molecule is Cc1cn(C2CCN(Cc3ccc(C(=O)O)cc3)CC2)c(=O)[nH]c1=O. The highest BCUT2D eigenvalue weighted by molar-refractivity contribution is 5.87. The van der Waals surface area contributed by atoms with Gasteiger partial charge in [-0.15, -0.1) is 0 Å². The number of nitrogens with zero attached hydrogens (tertiary/aromatic N) is 2.